The smallest absolute Gasteiger partial charge is 0.191 e. The minimum atomic E-state index is 0.157. The highest BCUT2D eigenvalue weighted by molar-refractivity contribution is 7.98. The molecule has 0 bridgehead atoms. The van der Waals surface area contributed by atoms with Crippen molar-refractivity contribution in [1.82, 2.24) is 10.6 Å². The summed E-state index contributed by atoms with van der Waals surface area (Å²) in [6.07, 6.45) is 4.39. The largest absolute Gasteiger partial charge is 0.488 e. The zero-order valence-electron chi connectivity index (χ0n) is 12.9. The van der Waals surface area contributed by atoms with Crippen LogP contribution in [0.4, 0.5) is 0 Å². The standard InChI is InChI=1S/C16H25N3OS/c1-3-17-16(18-9-6-10-21-2)19-12-14-11-13-7-4-5-8-15(13)20-14/h4-5,7-8,14H,3,6,9-12H2,1-2H3,(H2,17,18,19). The molecule has 4 nitrogen and oxygen atoms in total. The van der Waals surface area contributed by atoms with Gasteiger partial charge in [0.1, 0.15) is 11.9 Å². The number of hydrogen-bond donors (Lipinski definition) is 2. The lowest BCUT2D eigenvalue weighted by atomic mass is 10.1. The Morgan fingerprint density at radius 2 is 2.24 bits per heavy atom. The normalized spacial score (nSPS) is 17.2. The van der Waals surface area contributed by atoms with Crippen LogP contribution in [-0.4, -0.2) is 43.7 Å². The fraction of sp³-hybridized carbons (Fsp3) is 0.562. The van der Waals surface area contributed by atoms with Crippen molar-refractivity contribution in [3.8, 4) is 5.75 Å². The number of nitrogens with one attached hydrogen (secondary N) is 2. The van der Waals surface area contributed by atoms with E-state index in [0.717, 1.165) is 37.6 Å². The Kier molecular flexibility index (Phi) is 6.73. The number of guanidine groups is 1. The maximum Gasteiger partial charge on any atom is 0.191 e. The van der Waals surface area contributed by atoms with E-state index in [1.165, 1.54) is 11.3 Å². The van der Waals surface area contributed by atoms with E-state index in [9.17, 15) is 0 Å². The molecule has 0 aliphatic carbocycles. The van der Waals surface area contributed by atoms with Crippen molar-refractivity contribution in [3.63, 3.8) is 0 Å². The number of rotatable bonds is 7. The second kappa shape index (κ2) is 8.82. The minimum absolute atomic E-state index is 0.157. The van der Waals surface area contributed by atoms with E-state index in [1.54, 1.807) is 0 Å². The second-order valence-electron chi connectivity index (χ2n) is 5.04. The van der Waals surface area contributed by atoms with Crippen LogP contribution < -0.4 is 15.4 Å². The molecule has 1 aromatic carbocycles. The van der Waals surface area contributed by atoms with Gasteiger partial charge in [0.2, 0.25) is 0 Å². The van der Waals surface area contributed by atoms with E-state index in [4.69, 9.17) is 4.74 Å². The zero-order chi connectivity index (χ0) is 14.9. The number of aliphatic imine (C=N–C) groups is 1. The van der Waals surface area contributed by atoms with Gasteiger partial charge < -0.3 is 15.4 Å². The van der Waals surface area contributed by atoms with Crippen LogP contribution in [0.25, 0.3) is 0 Å². The second-order valence-corrected chi connectivity index (χ2v) is 6.03. The molecule has 0 saturated carbocycles. The number of thioether (sulfide) groups is 1. The fourth-order valence-electron chi connectivity index (χ4n) is 2.31. The van der Waals surface area contributed by atoms with Gasteiger partial charge in [-0.1, -0.05) is 18.2 Å². The molecule has 1 aromatic rings. The van der Waals surface area contributed by atoms with Gasteiger partial charge in [-0.2, -0.15) is 11.8 Å². The lowest BCUT2D eigenvalue weighted by Gasteiger charge is -2.13. The predicted molar refractivity (Wildman–Crippen MR) is 91.5 cm³/mol. The molecule has 1 atom stereocenters. The van der Waals surface area contributed by atoms with Gasteiger partial charge in [0.25, 0.3) is 0 Å². The fourth-order valence-corrected chi connectivity index (χ4v) is 2.75. The first-order chi connectivity index (χ1) is 10.3. The van der Waals surface area contributed by atoms with E-state index >= 15 is 0 Å². The van der Waals surface area contributed by atoms with Gasteiger partial charge in [0.15, 0.2) is 5.96 Å². The highest BCUT2D eigenvalue weighted by atomic mass is 32.2. The van der Waals surface area contributed by atoms with E-state index in [1.807, 2.05) is 23.9 Å². The summed E-state index contributed by atoms with van der Waals surface area (Å²) in [4.78, 5) is 4.64. The number of benzene rings is 1. The molecule has 1 unspecified atom stereocenters. The third-order valence-corrected chi connectivity index (χ3v) is 4.03. The molecule has 0 amide bonds. The van der Waals surface area contributed by atoms with Crippen LogP contribution in [0.15, 0.2) is 29.3 Å². The minimum Gasteiger partial charge on any atom is -0.488 e. The van der Waals surface area contributed by atoms with Crippen LogP contribution >= 0.6 is 11.8 Å². The Morgan fingerprint density at radius 1 is 1.38 bits per heavy atom. The summed E-state index contributed by atoms with van der Waals surface area (Å²) < 4.78 is 5.91. The van der Waals surface area contributed by atoms with Crippen molar-refractivity contribution in [2.45, 2.75) is 25.9 Å². The molecule has 0 aromatic heterocycles. The third kappa shape index (κ3) is 5.16. The summed E-state index contributed by atoms with van der Waals surface area (Å²) in [5.74, 6) is 3.07. The van der Waals surface area contributed by atoms with E-state index in [0.29, 0.717) is 6.54 Å². The molecule has 1 aliphatic heterocycles. The van der Waals surface area contributed by atoms with Crippen LogP contribution in [0, 0.1) is 0 Å². The number of ether oxygens (including phenoxy) is 1. The summed E-state index contributed by atoms with van der Waals surface area (Å²) in [6.45, 7) is 4.60. The highest BCUT2D eigenvalue weighted by Gasteiger charge is 2.21. The van der Waals surface area contributed by atoms with Crippen molar-refractivity contribution in [1.29, 1.82) is 0 Å². The van der Waals surface area contributed by atoms with E-state index in [2.05, 4.69) is 40.9 Å². The first-order valence-electron chi connectivity index (χ1n) is 7.59. The quantitative estimate of drug-likeness (QED) is 0.461. The van der Waals surface area contributed by atoms with Crippen molar-refractivity contribution >= 4 is 17.7 Å². The topological polar surface area (TPSA) is 45.7 Å². The molecule has 0 radical (unpaired) electrons. The number of fused-ring (bicyclic) bond motifs is 1. The molecule has 5 heteroatoms. The lowest BCUT2D eigenvalue weighted by molar-refractivity contribution is 0.241. The van der Waals surface area contributed by atoms with Gasteiger partial charge in [-0.15, -0.1) is 0 Å². The molecule has 1 aliphatic rings. The van der Waals surface area contributed by atoms with Crippen LogP contribution in [0.5, 0.6) is 5.75 Å². The molecular formula is C16H25N3OS. The summed E-state index contributed by atoms with van der Waals surface area (Å²) in [5, 5.41) is 6.65. The first-order valence-corrected chi connectivity index (χ1v) is 8.98. The van der Waals surface area contributed by atoms with Crippen molar-refractivity contribution in [2.75, 3.05) is 31.6 Å². The van der Waals surface area contributed by atoms with Crippen LogP contribution in [0.3, 0.4) is 0 Å². The maximum atomic E-state index is 5.91. The SMILES string of the molecule is CCNC(=NCC1Cc2ccccc2O1)NCCCSC. The molecule has 21 heavy (non-hydrogen) atoms. The molecule has 2 rings (SSSR count). The summed E-state index contributed by atoms with van der Waals surface area (Å²) in [5.41, 5.74) is 1.29. The molecule has 1 heterocycles. The first kappa shape index (κ1) is 16.0. The number of nitrogens with zero attached hydrogens (tertiary/aromatic N) is 1. The highest BCUT2D eigenvalue weighted by Crippen LogP contribution is 2.28. The average Bonchev–Trinajstić information content (AvgIpc) is 2.92. The maximum absolute atomic E-state index is 5.91. The summed E-state index contributed by atoms with van der Waals surface area (Å²) >= 11 is 1.87. The van der Waals surface area contributed by atoms with Gasteiger partial charge >= 0.3 is 0 Å². The monoisotopic (exact) mass is 307 g/mol. The molecule has 116 valence electrons. The Hall–Kier alpha value is -1.36. The molecular weight excluding hydrogens is 282 g/mol. The summed E-state index contributed by atoms with van der Waals surface area (Å²) in [6, 6.07) is 8.24. The Bertz CT molecular complexity index is 440. The number of para-hydroxylation sites is 1. The third-order valence-electron chi connectivity index (χ3n) is 3.33. The predicted octanol–water partition coefficient (Wildman–Crippen LogP) is 2.30. The molecule has 2 N–H and O–H groups in total. The van der Waals surface area contributed by atoms with Gasteiger partial charge in [-0.3, -0.25) is 0 Å². The van der Waals surface area contributed by atoms with Gasteiger partial charge in [-0.25, -0.2) is 4.99 Å². The summed E-state index contributed by atoms with van der Waals surface area (Å²) in [7, 11) is 0. The van der Waals surface area contributed by atoms with E-state index < -0.39 is 0 Å². The van der Waals surface area contributed by atoms with Crippen LogP contribution in [0.1, 0.15) is 18.9 Å². The molecule has 0 fully saturated rings. The lowest BCUT2D eigenvalue weighted by Crippen LogP contribution is -2.38. The van der Waals surface area contributed by atoms with Crippen molar-refractivity contribution in [3.05, 3.63) is 29.8 Å². The Labute approximate surface area is 131 Å². The Balaban J connectivity index is 1.80. The van der Waals surface area contributed by atoms with Gasteiger partial charge in [-0.05, 0) is 37.0 Å². The van der Waals surface area contributed by atoms with Crippen LogP contribution in [0.2, 0.25) is 0 Å². The zero-order valence-corrected chi connectivity index (χ0v) is 13.7. The van der Waals surface area contributed by atoms with Crippen LogP contribution in [-0.2, 0) is 6.42 Å². The molecule has 0 saturated heterocycles. The van der Waals surface area contributed by atoms with Gasteiger partial charge in [0, 0.05) is 19.5 Å². The van der Waals surface area contributed by atoms with Crippen molar-refractivity contribution in [2.24, 2.45) is 4.99 Å². The van der Waals surface area contributed by atoms with E-state index in [-0.39, 0.29) is 6.10 Å². The average molecular weight is 307 g/mol. The van der Waals surface area contributed by atoms with Crippen molar-refractivity contribution < 1.29 is 4.74 Å². The number of hydrogen-bond acceptors (Lipinski definition) is 3. The van der Waals surface area contributed by atoms with Gasteiger partial charge in [0.05, 0.1) is 6.54 Å². The molecule has 0 spiro atoms. The Morgan fingerprint density at radius 3 is 3.00 bits per heavy atom.